The zero-order chi connectivity index (χ0) is 13.8. The Morgan fingerprint density at radius 1 is 0.571 bits per heavy atom. The van der Waals surface area contributed by atoms with Crippen LogP contribution in [0.1, 0.15) is 5.56 Å². The van der Waals surface area contributed by atoms with Crippen molar-refractivity contribution in [3.05, 3.63) is 84.4 Å². The van der Waals surface area contributed by atoms with E-state index in [4.69, 9.17) is 0 Å². The molecule has 0 nitrogen and oxygen atoms in total. The molecule has 0 aromatic heterocycles. The molecule has 0 N–H and O–H groups in total. The van der Waals surface area contributed by atoms with Gasteiger partial charge in [0.2, 0.25) is 0 Å². The van der Waals surface area contributed by atoms with E-state index < -0.39 is 0 Å². The first-order valence-corrected chi connectivity index (χ1v) is 7.80. The van der Waals surface area contributed by atoms with Gasteiger partial charge in [-0.3, -0.25) is 0 Å². The zero-order valence-corrected chi connectivity index (χ0v) is 16.6. The Bertz CT molecular complexity index is 673. The van der Waals surface area contributed by atoms with Gasteiger partial charge in [-0.1, -0.05) is 84.4 Å². The molecule has 3 rings (SSSR count). The van der Waals surface area contributed by atoms with Gasteiger partial charge in [-0.15, -0.1) is 0 Å². The van der Waals surface area contributed by atoms with Gasteiger partial charge in [-0.05, 0) is 18.1 Å². The van der Waals surface area contributed by atoms with Crippen molar-refractivity contribution in [3.8, 4) is 11.1 Å². The molecule has 3 aromatic rings. The fraction of sp³-hybridized carbons (Fsp3) is 0.0526. The second-order valence-corrected chi connectivity index (χ2v) is 6.34. The average molecular weight is 312 g/mol. The average Bonchev–Trinajstić information content (AvgIpc) is 2.50. The minimum atomic E-state index is 0. The standard InChI is InChI=1S/C19H16Si.K/c1-15-7-9-16(10-8-15)17-11-13-19(14-12-17)20-18-5-3-2-4-6-18;/h2-14H,1H3;/q-1;+1. The largest absolute Gasteiger partial charge is 1.00 e. The molecule has 0 saturated heterocycles. The molecule has 0 bridgehead atoms. The monoisotopic (exact) mass is 311 g/mol. The zero-order valence-electron chi connectivity index (χ0n) is 12.5. The maximum Gasteiger partial charge on any atom is 1.00 e. The van der Waals surface area contributed by atoms with Crippen LogP contribution in [0.15, 0.2) is 78.9 Å². The summed E-state index contributed by atoms with van der Waals surface area (Å²) in [6.45, 7) is 2.12. The number of benzene rings is 3. The summed E-state index contributed by atoms with van der Waals surface area (Å²) in [5, 5.41) is 2.77. The Balaban J connectivity index is 0.00000161. The second kappa shape index (κ2) is 8.23. The predicted molar refractivity (Wildman–Crippen MR) is 88.1 cm³/mol. The molecule has 0 atom stereocenters. The summed E-state index contributed by atoms with van der Waals surface area (Å²) < 4.78 is 0. The van der Waals surface area contributed by atoms with E-state index in [1.807, 2.05) is 0 Å². The Morgan fingerprint density at radius 2 is 1.05 bits per heavy atom. The first-order valence-electron chi connectivity index (χ1n) is 6.80. The van der Waals surface area contributed by atoms with Gasteiger partial charge in [0.25, 0.3) is 0 Å². The van der Waals surface area contributed by atoms with Crippen LogP contribution < -0.4 is 61.8 Å². The van der Waals surface area contributed by atoms with Crippen molar-refractivity contribution in [2.45, 2.75) is 6.92 Å². The molecule has 0 aliphatic heterocycles. The van der Waals surface area contributed by atoms with E-state index >= 15 is 0 Å². The van der Waals surface area contributed by atoms with E-state index in [0.29, 0.717) is 0 Å². The Hall–Kier alpha value is -0.487. The van der Waals surface area contributed by atoms with Crippen molar-refractivity contribution < 1.29 is 51.4 Å². The van der Waals surface area contributed by atoms with Gasteiger partial charge in [0.1, 0.15) is 0 Å². The second-order valence-electron chi connectivity index (χ2n) is 4.93. The quantitative estimate of drug-likeness (QED) is 0.611. The van der Waals surface area contributed by atoms with E-state index in [1.165, 1.54) is 27.1 Å². The first-order chi connectivity index (χ1) is 9.81. The van der Waals surface area contributed by atoms with Crippen molar-refractivity contribution in [3.63, 3.8) is 0 Å². The summed E-state index contributed by atoms with van der Waals surface area (Å²) in [6.07, 6.45) is 0. The van der Waals surface area contributed by atoms with Gasteiger partial charge < -0.3 is 9.52 Å². The minimum Gasteiger partial charge on any atom is -0.396 e. The molecule has 0 spiro atoms. The van der Waals surface area contributed by atoms with Crippen LogP contribution in [-0.4, -0.2) is 9.52 Å². The van der Waals surface area contributed by atoms with E-state index in [2.05, 4.69) is 85.8 Å². The third-order valence-corrected chi connectivity index (χ3v) is 4.58. The van der Waals surface area contributed by atoms with Gasteiger partial charge in [0.15, 0.2) is 0 Å². The van der Waals surface area contributed by atoms with Crippen molar-refractivity contribution >= 4 is 19.9 Å². The molecule has 2 heteroatoms. The minimum absolute atomic E-state index is 0. The maximum atomic E-state index is 2.24. The number of rotatable bonds is 3. The van der Waals surface area contributed by atoms with Crippen molar-refractivity contribution in [1.29, 1.82) is 0 Å². The molecule has 0 heterocycles. The van der Waals surface area contributed by atoms with Crippen LogP contribution in [0.4, 0.5) is 0 Å². The number of hydrogen-bond acceptors (Lipinski definition) is 0. The number of hydrogen-bond donors (Lipinski definition) is 0. The van der Waals surface area contributed by atoms with Crippen LogP contribution in [0.3, 0.4) is 0 Å². The molecule has 0 unspecified atom stereocenters. The van der Waals surface area contributed by atoms with Crippen molar-refractivity contribution in [1.82, 2.24) is 0 Å². The van der Waals surface area contributed by atoms with Crippen LogP contribution in [0.5, 0.6) is 0 Å². The van der Waals surface area contributed by atoms with E-state index in [1.54, 1.807) is 0 Å². The van der Waals surface area contributed by atoms with Gasteiger partial charge in [-0.2, -0.15) is 0 Å². The van der Waals surface area contributed by atoms with Gasteiger partial charge >= 0.3 is 51.4 Å². The molecular formula is C19H16KSi. The maximum absolute atomic E-state index is 2.24. The third-order valence-electron chi connectivity index (χ3n) is 3.33. The molecule has 0 aliphatic carbocycles. The fourth-order valence-electron chi connectivity index (χ4n) is 2.18. The summed E-state index contributed by atoms with van der Waals surface area (Å²) in [5.74, 6) is 0. The molecule has 0 saturated carbocycles. The van der Waals surface area contributed by atoms with Gasteiger partial charge in [-0.25, -0.2) is 10.4 Å². The summed E-state index contributed by atoms with van der Waals surface area (Å²) in [5.41, 5.74) is 3.87. The van der Waals surface area contributed by atoms with E-state index in [9.17, 15) is 0 Å². The smallest absolute Gasteiger partial charge is 0.396 e. The molecular weight excluding hydrogens is 295 g/mol. The van der Waals surface area contributed by atoms with Crippen molar-refractivity contribution in [2.75, 3.05) is 0 Å². The van der Waals surface area contributed by atoms with Crippen LogP contribution in [0, 0.1) is 6.92 Å². The molecule has 97 valence electrons. The van der Waals surface area contributed by atoms with Crippen molar-refractivity contribution in [2.24, 2.45) is 0 Å². The van der Waals surface area contributed by atoms with Crippen LogP contribution >= 0.6 is 0 Å². The topological polar surface area (TPSA) is 0 Å². The first kappa shape index (κ1) is 16.9. The predicted octanol–water partition coefficient (Wildman–Crippen LogP) is 0.321. The molecule has 0 fully saturated rings. The molecule has 3 aromatic carbocycles. The third kappa shape index (κ3) is 4.75. The summed E-state index contributed by atoms with van der Waals surface area (Å²) in [7, 11) is 0.729. The Kier molecular flexibility index (Phi) is 6.61. The molecule has 1 radical (unpaired) electrons. The van der Waals surface area contributed by atoms with E-state index in [-0.39, 0.29) is 51.4 Å². The SMILES string of the molecule is Cc1ccc(-c2ccc([Si-]c3ccccc3)cc2)cc1.[K+]. The Morgan fingerprint density at radius 3 is 1.62 bits per heavy atom. The molecule has 0 aliphatic rings. The fourth-order valence-corrected chi connectivity index (χ4v) is 3.21. The van der Waals surface area contributed by atoms with Gasteiger partial charge in [0.05, 0.1) is 0 Å². The summed E-state index contributed by atoms with van der Waals surface area (Å²) in [6, 6.07) is 28.2. The Labute approximate surface area is 171 Å². The van der Waals surface area contributed by atoms with Gasteiger partial charge in [0, 0.05) is 0 Å². The molecule has 21 heavy (non-hydrogen) atoms. The van der Waals surface area contributed by atoms with Crippen LogP contribution in [0.2, 0.25) is 0 Å². The normalized spacial score (nSPS) is 9.76. The van der Waals surface area contributed by atoms with E-state index in [0.717, 1.165) is 9.52 Å². The number of aryl methyl sites for hydroxylation is 1. The summed E-state index contributed by atoms with van der Waals surface area (Å²) >= 11 is 0. The van der Waals surface area contributed by atoms with Crippen LogP contribution in [-0.2, 0) is 0 Å². The molecule has 0 amide bonds. The summed E-state index contributed by atoms with van der Waals surface area (Å²) in [4.78, 5) is 0. The van der Waals surface area contributed by atoms with Crippen LogP contribution in [0.25, 0.3) is 11.1 Å².